The standard InChI is InChI=1S/C15H23FN2/c1-11-6-7-13(9-15(11)16)12(2)18-8-4-3-5-14(18)10-17/h6-7,9,12,14H,3-5,8,10,17H2,1-2H3. The van der Waals surface area contributed by atoms with Gasteiger partial charge in [0.25, 0.3) is 0 Å². The molecule has 2 rings (SSSR count). The Morgan fingerprint density at radius 3 is 2.89 bits per heavy atom. The van der Waals surface area contributed by atoms with E-state index in [1.54, 1.807) is 13.0 Å². The van der Waals surface area contributed by atoms with Gasteiger partial charge in [-0.05, 0) is 50.4 Å². The van der Waals surface area contributed by atoms with E-state index in [4.69, 9.17) is 5.73 Å². The molecule has 1 aromatic rings. The van der Waals surface area contributed by atoms with Gasteiger partial charge in [0.1, 0.15) is 5.82 Å². The second-order valence-electron chi connectivity index (χ2n) is 5.31. The van der Waals surface area contributed by atoms with E-state index >= 15 is 0 Å². The number of benzene rings is 1. The lowest BCUT2D eigenvalue weighted by Crippen LogP contribution is -2.45. The Balaban J connectivity index is 2.18. The fourth-order valence-electron chi connectivity index (χ4n) is 2.85. The maximum atomic E-state index is 13.6. The third-order valence-corrected chi connectivity index (χ3v) is 4.12. The number of nitrogens with two attached hydrogens (primary N) is 1. The number of hydrogen-bond donors (Lipinski definition) is 1. The molecule has 2 unspecified atom stereocenters. The van der Waals surface area contributed by atoms with E-state index in [0.717, 1.165) is 18.5 Å². The largest absolute Gasteiger partial charge is 0.329 e. The minimum absolute atomic E-state index is 0.111. The molecule has 0 aliphatic carbocycles. The Kier molecular flexibility index (Phi) is 4.36. The average Bonchev–Trinajstić information content (AvgIpc) is 2.41. The fourth-order valence-corrected chi connectivity index (χ4v) is 2.85. The molecule has 1 aliphatic rings. The van der Waals surface area contributed by atoms with Gasteiger partial charge in [0.2, 0.25) is 0 Å². The van der Waals surface area contributed by atoms with Gasteiger partial charge in [-0.25, -0.2) is 4.39 Å². The molecule has 2 N–H and O–H groups in total. The average molecular weight is 250 g/mol. The van der Waals surface area contributed by atoms with Crippen molar-refractivity contribution >= 4 is 0 Å². The molecule has 0 spiro atoms. The molecule has 1 aromatic carbocycles. The molecule has 0 saturated carbocycles. The molecule has 2 atom stereocenters. The molecule has 1 heterocycles. The van der Waals surface area contributed by atoms with E-state index in [1.165, 1.54) is 12.8 Å². The molecule has 0 amide bonds. The van der Waals surface area contributed by atoms with Crippen LogP contribution in [0.2, 0.25) is 0 Å². The molecule has 2 nitrogen and oxygen atoms in total. The maximum Gasteiger partial charge on any atom is 0.126 e. The number of rotatable bonds is 3. The highest BCUT2D eigenvalue weighted by Crippen LogP contribution is 2.28. The first-order valence-corrected chi connectivity index (χ1v) is 6.85. The zero-order valence-electron chi connectivity index (χ0n) is 11.3. The third kappa shape index (κ3) is 2.73. The molecule has 0 aromatic heterocycles. The van der Waals surface area contributed by atoms with Gasteiger partial charge in [-0.3, -0.25) is 4.90 Å². The molecule has 1 fully saturated rings. The van der Waals surface area contributed by atoms with Crippen LogP contribution in [-0.4, -0.2) is 24.0 Å². The lowest BCUT2D eigenvalue weighted by atomic mass is 9.96. The van der Waals surface area contributed by atoms with Gasteiger partial charge in [-0.2, -0.15) is 0 Å². The number of piperidine rings is 1. The van der Waals surface area contributed by atoms with Gasteiger partial charge in [0.05, 0.1) is 0 Å². The Morgan fingerprint density at radius 2 is 2.22 bits per heavy atom. The van der Waals surface area contributed by atoms with E-state index in [1.807, 2.05) is 12.1 Å². The lowest BCUT2D eigenvalue weighted by Gasteiger charge is -2.39. The third-order valence-electron chi connectivity index (χ3n) is 4.12. The van der Waals surface area contributed by atoms with Crippen molar-refractivity contribution in [3.8, 4) is 0 Å². The zero-order chi connectivity index (χ0) is 13.1. The van der Waals surface area contributed by atoms with Crippen molar-refractivity contribution in [2.24, 2.45) is 5.73 Å². The summed E-state index contributed by atoms with van der Waals surface area (Å²) in [6, 6.07) is 6.25. The van der Waals surface area contributed by atoms with Crippen LogP contribution >= 0.6 is 0 Å². The molecule has 0 bridgehead atoms. The number of aryl methyl sites for hydroxylation is 1. The summed E-state index contributed by atoms with van der Waals surface area (Å²) in [5.74, 6) is -0.111. The summed E-state index contributed by atoms with van der Waals surface area (Å²) in [4.78, 5) is 2.42. The smallest absolute Gasteiger partial charge is 0.126 e. The molecule has 1 saturated heterocycles. The van der Waals surface area contributed by atoms with E-state index in [0.29, 0.717) is 18.2 Å². The summed E-state index contributed by atoms with van der Waals surface area (Å²) in [5.41, 5.74) is 7.61. The first-order valence-electron chi connectivity index (χ1n) is 6.85. The highest BCUT2D eigenvalue weighted by Gasteiger charge is 2.26. The maximum absolute atomic E-state index is 13.6. The van der Waals surface area contributed by atoms with Crippen LogP contribution in [0, 0.1) is 12.7 Å². The van der Waals surface area contributed by atoms with Crippen molar-refractivity contribution in [1.29, 1.82) is 0 Å². The van der Waals surface area contributed by atoms with Crippen LogP contribution < -0.4 is 5.73 Å². The minimum atomic E-state index is -0.111. The van der Waals surface area contributed by atoms with Crippen LogP contribution in [0.4, 0.5) is 4.39 Å². The van der Waals surface area contributed by atoms with Gasteiger partial charge >= 0.3 is 0 Å². The van der Waals surface area contributed by atoms with Gasteiger partial charge in [0, 0.05) is 18.6 Å². The van der Waals surface area contributed by atoms with Crippen molar-refractivity contribution in [3.05, 3.63) is 35.1 Å². The Labute approximate surface area is 109 Å². The second-order valence-corrected chi connectivity index (χ2v) is 5.31. The highest BCUT2D eigenvalue weighted by atomic mass is 19.1. The Morgan fingerprint density at radius 1 is 1.44 bits per heavy atom. The summed E-state index contributed by atoms with van der Waals surface area (Å²) >= 11 is 0. The quantitative estimate of drug-likeness (QED) is 0.893. The molecule has 1 aliphatic heterocycles. The summed E-state index contributed by atoms with van der Waals surface area (Å²) in [7, 11) is 0. The predicted molar refractivity (Wildman–Crippen MR) is 73.0 cm³/mol. The zero-order valence-corrected chi connectivity index (χ0v) is 11.3. The first kappa shape index (κ1) is 13.5. The highest BCUT2D eigenvalue weighted by molar-refractivity contribution is 5.25. The molecule has 100 valence electrons. The summed E-state index contributed by atoms with van der Waals surface area (Å²) in [6.07, 6.45) is 3.64. The minimum Gasteiger partial charge on any atom is -0.329 e. The fraction of sp³-hybridized carbons (Fsp3) is 0.600. The number of nitrogens with zero attached hydrogens (tertiary/aromatic N) is 1. The normalized spacial score (nSPS) is 23.0. The van der Waals surface area contributed by atoms with Crippen molar-refractivity contribution in [2.75, 3.05) is 13.1 Å². The molecular weight excluding hydrogens is 227 g/mol. The second kappa shape index (κ2) is 5.81. The summed E-state index contributed by atoms with van der Waals surface area (Å²) in [6.45, 7) is 5.71. The SMILES string of the molecule is Cc1ccc(C(C)N2CCCCC2CN)cc1F. The van der Waals surface area contributed by atoms with Crippen LogP contribution in [0.1, 0.15) is 43.4 Å². The monoisotopic (exact) mass is 250 g/mol. The molecular formula is C15H23FN2. The van der Waals surface area contributed by atoms with Gasteiger partial charge in [-0.15, -0.1) is 0 Å². The van der Waals surface area contributed by atoms with Crippen LogP contribution in [0.25, 0.3) is 0 Å². The topological polar surface area (TPSA) is 29.3 Å². The van der Waals surface area contributed by atoms with Crippen LogP contribution in [0.15, 0.2) is 18.2 Å². The van der Waals surface area contributed by atoms with Crippen molar-refractivity contribution in [1.82, 2.24) is 4.90 Å². The molecule has 3 heteroatoms. The predicted octanol–water partition coefficient (Wildman–Crippen LogP) is 3.01. The Hall–Kier alpha value is -0.930. The number of hydrogen-bond acceptors (Lipinski definition) is 2. The lowest BCUT2D eigenvalue weighted by molar-refractivity contribution is 0.108. The van der Waals surface area contributed by atoms with Crippen LogP contribution in [0.5, 0.6) is 0 Å². The van der Waals surface area contributed by atoms with Crippen molar-refractivity contribution < 1.29 is 4.39 Å². The molecule has 18 heavy (non-hydrogen) atoms. The first-order chi connectivity index (χ1) is 8.63. The van der Waals surface area contributed by atoms with Crippen molar-refractivity contribution in [3.63, 3.8) is 0 Å². The number of likely N-dealkylation sites (tertiary alicyclic amines) is 1. The van der Waals surface area contributed by atoms with Crippen molar-refractivity contribution in [2.45, 2.75) is 45.2 Å². The van der Waals surface area contributed by atoms with E-state index < -0.39 is 0 Å². The Bertz CT molecular complexity index is 405. The van der Waals surface area contributed by atoms with Crippen LogP contribution in [-0.2, 0) is 0 Å². The van der Waals surface area contributed by atoms with Gasteiger partial charge in [-0.1, -0.05) is 18.6 Å². The molecule has 0 radical (unpaired) electrons. The van der Waals surface area contributed by atoms with Gasteiger partial charge < -0.3 is 5.73 Å². The van der Waals surface area contributed by atoms with Crippen LogP contribution in [0.3, 0.4) is 0 Å². The summed E-state index contributed by atoms with van der Waals surface area (Å²) < 4.78 is 13.6. The van der Waals surface area contributed by atoms with E-state index in [2.05, 4.69) is 11.8 Å². The van der Waals surface area contributed by atoms with Gasteiger partial charge in [0.15, 0.2) is 0 Å². The van der Waals surface area contributed by atoms with E-state index in [9.17, 15) is 4.39 Å². The summed E-state index contributed by atoms with van der Waals surface area (Å²) in [5, 5.41) is 0. The number of halogens is 1. The van der Waals surface area contributed by atoms with E-state index in [-0.39, 0.29) is 11.9 Å².